The topological polar surface area (TPSA) is 54.5 Å². The van der Waals surface area contributed by atoms with Crippen LogP contribution in [0.2, 0.25) is 0 Å². The number of hydrogen-bond acceptors (Lipinski definition) is 3. The number of carbonyl (C=O) groups excluding carboxylic acids is 3. The van der Waals surface area contributed by atoms with Gasteiger partial charge in [0.2, 0.25) is 11.8 Å². The van der Waals surface area contributed by atoms with Crippen molar-refractivity contribution >= 4 is 17.6 Å². The first-order valence-electron chi connectivity index (χ1n) is 6.79. The zero-order valence-corrected chi connectivity index (χ0v) is 12.9. The predicted octanol–water partition coefficient (Wildman–Crippen LogP) is 2.41. The van der Waals surface area contributed by atoms with E-state index in [9.17, 15) is 14.4 Å². The molecule has 1 unspecified atom stereocenters. The van der Waals surface area contributed by atoms with Crippen LogP contribution in [-0.2, 0) is 14.4 Å². The summed E-state index contributed by atoms with van der Waals surface area (Å²) < 4.78 is 0. The molecule has 0 aliphatic carbocycles. The smallest absolute Gasteiger partial charge is 0.233 e. The van der Waals surface area contributed by atoms with Crippen molar-refractivity contribution in [1.29, 1.82) is 0 Å². The number of likely N-dealkylation sites (tertiary alicyclic amines) is 1. The number of imide groups is 1. The molecule has 0 radical (unpaired) electrons. The summed E-state index contributed by atoms with van der Waals surface area (Å²) in [5, 5.41) is 0. The molecule has 1 fully saturated rings. The first-order valence-corrected chi connectivity index (χ1v) is 6.79. The van der Waals surface area contributed by atoms with Crippen molar-refractivity contribution in [2.24, 2.45) is 16.7 Å². The van der Waals surface area contributed by atoms with Gasteiger partial charge in [-0.2, -0.15) is 0 Å². The molecule has 4 heteroatoms. The third kappa shape index (κ3) is 4.15. The van der Waals surface area contributed by atoms with Gasteiger partial charge >= 0.3 is 0 Å². The summed E-state index contributed by atoms with van der Waals surface area (Å²) in [4.78, 5) is 37.2. The summed E-state index contributed by atoms with van der Waals surface area (Å²) in [6.07, 6.45) is 0.922. The number of nitrogens with zero attached hydrogens (tertiary/aromatic N) is 1. The first-order chi connectivity index (χ1) is 8.42. The van der Waals surface area contributed by atoms with Gasteiger partial charge in [0.1, 0.15) is 0 Å². The maximum Gasteiger partial charge on any atom is 0.233 e. The lowest BCUT2D eigenvalue weighted by Gasteiger charge is -2.23. The van der Waals surface area contributed by atoms with E-state index in [2.05, 4.69) is 0 Å². The van der Waals surface area contributed by atoms with Gasteiger partial charge in [-0.3, -0.25) is 19.3 Å². The number of carbonyl (C=O) groups is 3. The average molecular weight is 267 g/mol. The Morgan fingerprint density at radius 2 is 1.68 bits per heavy atom. The molecular weight excluding hydrogens is 242 g/mol. The highest BCUT2D eigenvalue weighted by molar-refractivity contribution is 6.06. The Balaban J connectivity index is 2.75. The van der Waals surface area contributed by atoms with Gasteiger partial charge in [0.15, 0.2) is 5.78 Å². The van der Waals surface area contributed by atoms with Gasteiger partial charge in [0.05, 0.1) is 6.54 Å². The van der Waals surface area contributed by atoms with Crippen molar-refractivity contribution in [2.45, 2.75) is 54.4 Å². The summed E-state index contributed by atoms with van der Waals surface area (Å²) in [5.41, 5.74) is -0.521. The molecule has 108 valence electrons. The van der Waals surface area contributed by atoms with E-state index in [0.29, 0.717) is 6.42 Å². The van der Waals surface area contributed by atoms with Crippen LogP contribution in [0.3, 0.4) is 0 Å². The third-order valence-electron chi connectivity index (χ3n) is 3.33. The Kier molecular flexibility index (Phi) is 4.23. The highest BCUT2D eigenvalue weighted by Gasteiger charge is 2.41. The van der Waals surface area contributed by atoms with Gasteiger partial charge in [-0.05, 0) is 11.8 Å². The molecule has 0 saturated carbocycles. The van der Waals surface area contributed by atoms with Crippen LogP contribution in [0.4, 0.5) is 0 Å². The van der Waals surface area contributed by atoms with Crippen molar-refractivity contribution in [3.05, 3.63) is 0 Å². The van der Waals surface area contributed by atoms with Crippen molar-refractivity contribution in [2.75, 3.05) is 6.54 Å². The first kappa shape index (κ1) is 15.9. The van der Waals surface area contributed by atoms with E-state index < -0.39 is 5.41 Å². The monoisotopic (exact) mass is 267 g/mol. The molecule has 0 aromatic carbocycles. The minimum atomic E-state index is -0.525. The quantitative estimate of drug-likeness (QED) is 0.738. The molecule has 0 aromatic heterocycles. The van der Waals surface area contributed by atoms with E-state index >= 15 is 0 Å². The van der Waals surface area contributed by atoms with Crippen LogP contribution in [0, 0.1) is 16.7 Å². The van der Waals surface area contributed by atoms with E-state index in [-0.39, 0.29) is 41.9 Å². The molecular formula is C15H25NO3. The summed E-state index contributed by atoms with van der Waals surface area (Å²) in [5.74, 6) is -0.736. The summed E-state index contributed by atoms with van der Waals surface area (Å²) in [6.45, 7) is 11.5. The van der Waals surface area contributed by atoms with E-state index in [0.717, 1.165) is 4.90 Å². The second-order valence-corrected chi connectivity index (χ2v) is 7.66. The normalized spacial score (nSPS) is 21.2. The highest BCUT2D eigenvalue weighted by Crippen LogP contribution is 2.32. The SMILES string of the molecule is CC(C)(C)CC1CC(=O)N(CC(=O)C(C)(C)C)C1=O. The second kappa shape index (κ2) is 5.06. The van der Waals surface area contributed by atoms with E-state index in [1.54, 1.807) is 20.8 Å². The van der Waals surface area contributed by atoms with Gasteiger partial charge in [0, 0.05) is 17.8 Å². The van der Waals surface area contributed by atoms with Crippen molar-refractivity contribution in [3.8, 4) is 0 Å². The van der Waals surface area contributed by atoms with E-state index in [1.807, 2.05) is 20.8 Å². The Morgan fingerprint density at radius 1 is 1.16 bits per heavy atom. The van der Waals surface area contributed by atoms with Crippen LogP contribution in [0.5, 0.6) is 0 Å². The molecule has 0 spiro atoms. The van der Waals surface area contributed by atoms with Crippen LogP contribution in [0.15, 0.2) is 0 Å². The molecule has 1 aliphatic rings. The highest BCUT2D eigenvalue weighted by atomic mass is 16.2. The molecule has 1 aliphatic heterocycles. The number of rotatable bonds is 3. The minimum Gasteiger partial charge on any atom is -0.297 e. The maximum atomic E-state index is 12.2. The molecule has 0 bridgehead atoms. The fourth-order valence-corrected chi connectivity index (χ4v) is 2.20. The maximum absolute atomic E-state index is 12.2. The summed E-state index contributed by atoms with van der Waals surface area (Å²) >= 11 is 0. The molecule has 1 saturated heterocycles. The molecule has 1 atom stereocenters. The van der Waals surface area contributed by atoms with Gasteiger partial charge in [-0.25, -0.2) is 0 Å². The van der Waals surface area contributed by atoms with Crippen LogP contribution in [-0.4, -0.2) is 29.0 Å². The van der Waals surface area contributed by atoms with Crippen molar-refractivity contribution in [1.82, 2.24) is 4.90 Å². The molecule has 4 nitrogen and oxygen atoms in total. The Hall–Kier alpha value is -1.19. The van der Waals surface area contributed by atoms with Gasteiger partial charge in [-0.15, -0.1) is 0 Å². The zero-order valence-electron chi connectivity index (χ0n) is 12.9. The Bertz CT molecular complexity index is 399. The minimum absolute atomic E-state index is 0.00462. The van der Waals surface area contributed by atoms with Crippen molar-refractivity contribution in [3.63, 3.8) is 0 Å². The number of Topliss-reactive ketones (excluding diaryl/α,β-unsaturated/α-hetero) is 1. The average Bonchev–Trinajstić information content (AvgIpc) is 2.41. The molecule has 0 aromatic rings. The number of hydrogen-bond donors (Lipinski definition) is 0. The van der Waals surface area contributed by atoms with Crippen LogP contribution >= 0.6 is 0 Å². The second-order valence-electron chi connectivity index (χ2n) is 7.66. The predicted molar refractivity (Wildman–Crippen MR) is 73.4 cm³/mol. The lowest BCUT2D eigenvalue weighted by Crippen LogP contribution is -2.39. The molecule has 0 N–H and O–H groups in total. The lowest BCUT2D eigenvalue weighted by atomic mass is 9.84. The van der Waals surface area contributed by atoms with Crippen molar-refractivity contribution < 1.29 is 14.4 Å². The fourth-order valence-electron chi connectivity index (χ4n) is 2.20. The van der Waals surface area contributed by atoms with Gasteiger partial charge in [0.25, 0.3) is 0 Å². The Morgan fingerprint density at radius 3 is 2.11 bits per heavy atom. The standard InChI is InChI=1S/C15H25NO3/c1-14(2,3)8-10-7-12(18)16(13(10)19)9-11(17)15(4,5)6/h10H,7-9H2,1-6H3. The van der Waals surface area contributed by atoms with Crippen LogP contribution in [0.1, 0.15) is 54.4 Å². The molecule has 1 heterocycles. The number of ketones is 1. The molecule has 1 rings (SSSR count). The van der Waals surface area contributed by atoms with E-state index in [1.165, 1.54) is 0 Å². The van der Waals surface area contributed by atoms with E-state index in [4.69, 9.17) is 0 Å². The molecule has 19 heavy (non-hydrogen) atoms. The summed E-state index contributed by atoms with van der Waals surface area (Å²) in [6, 6.07) is 0. The van der Waals surface area contributed by atoms with Crippen LogP contribution < -0.4 is 0 Å². The zero-order chi connectivity index (χ0) is 15.0. The Labute approximate surface area is 115 Å². The largest absolute Gasteiger partial charge is 0.297 e. The van der Waals surface area contributed by atoms with Gasteiger partial charge in [-0.1, -0.05) is 41.5 Å². The summed E-state index contributed by atoms with van der Waals surface area (Å²) in [7, 11) is 0. The van der Waals surface area contributed by atoms with Gasteiger partial charge < -0.3 is 0 Å². The molecule has 2 amide bonds. The lowest BCUT2D eigenvalue weighted by molar-refractivity contribution is -0.144. The van der Waals surface area contributed by atoms with Crippen LogP contribution in [0.25, 0.3) is 0 Å². The third-order valence-corrected chi connectivity index (χ3v) is 3.33. The fraction of sp³-hybridized carbons (Fsp3) is 0.800. The number of amides is 2.